The zero-order valence-corrected chi connectivity index (χ0v) is 11.0. The summed E-state index contributed by atoms with van der Waals surface area (Å²) >= 11 is 0. The molecule has 1 aliphatic rings. The third-order valence-electron chi connectivity index (χ3n) is 3.10. The number of carbonyl (C=O) groups is 2. The predicted molar refractivity (Wildman–Crippen MR) is 71.7 cm³/mol. The fourth-order valence-electron chi connectivity index (χ4n) is 2.05. The van der Waals surface area contributed by atoms with Gasteiger partial charge in [0.1, 0.15) is 5.82 Å². The average Bonchev–Trinajstić information content (AvgIpc) is 2.42. The first kappa shape index (κ1) is 14.2. The number of nitrogens with two attached hydrogens (primary N) is 1. The van der Waals surface area contributed by atoms with Crippen LogP contribution in [0.4, 0.5) is 4.39 Å². The highest BCUT2D eigenvalue weighted by Gasteiger charge is 2.26. The highest BCUT2D eigenvalue weighted by atomic mass is 19.1. The minimum Gasteiger partial charge on any atom is -0.320 e. The van der Waals surface area contributed by atoms with Crippen molar-refractivity contribution in [3.63, 3.8) is 0 Å². The van der Waals surface area contributed by atoms with E-state index in [9.17, 15) is 14.0 Å². The number of likely N-dealkylation sites (tertiary alicyclic amines) is 1. The zero-order valence-electron chi connectivity index (χ0n) is 11.0. The highest BCUT2D eigenvalue weighted by molar-refractivity contribution is 5.97. The molecular formula is C15H15FN2O2. The molecule has 4 nitrogen and oxygen atoms in total. The van der Waals surface area contributed by atoms with E-state index in [4.69, 9.17) is 5.73 Å². The van der Waals surface area contributed by atoms with Crippen LogP contribution in [-0.4, -0.2) is 23.3 Å². The van der Waals surface area contributed by atoms with Crippen molar-refractivity contribution >= 4 is 11.8 Å². The summed E-state index contributed by atoms with van der Waals surface area (Å²) in [5, 5.41) is 0. The van der Waals surface area contributed by atoms with Gasteiger partial charge in [-0.3, -0.25) is 14.5 Å². The molecule has 2 N–H and O–H groups in total. The molecule has 1 aromatic rings. The second-order valence-electron chi connectivity index (χ2n) is 4.54. The van der Waals surface area contributed by atoms with Crippen LogP contribution in [0.5, 0.6) is 0 Å². The van der Waals surface area contributed by atoms with Gasteiger partial charge in [-0.2, -0.15) is 0 Å². The van der Waals surface area contributed by atoms with Crippen LogP contribution in [-0.2, 0) is 16.1 Å². The SMILES string of the molecule is NCC#Cc1ccc(CN2C(=O)CCCC2=O)c(F)c1. The molecule has 20 heavy (non-hydrogen) atoms. The normalized spacial score (nSPS) is 15.0. The van der Waals surface area contributed by atoms with Crippen LogP contribution in [0, 0.1) is 17.7 Å². The zero-order chi connectivity index (χ0) is 14.5. The highest BCUT2D eigenvalue weighted by Crippen LogP contribution is 2.18. The van der Waals surface area contributed by atoms with Crippen LogP contribution in [0.3, 0.4) is 0 Å². The molecule has 1 aromatic carbocycles. The minimum atomic E-state index is -0.472. The first-order valence-corrected chi connectivity index (χ1v) is 6.42. The van der Waals surface area contributed by atoms with Crippen molar-refractivity contribution in [2.24, 2.45) is 5.73 Å². The van der Waals surface area contributed by atoms with Gasteiger partial charge in [0, 0.05) is 24.0 Å². The van der Waals surface area contributed by atoms with E-state index in [-0.39, 0.29) is 24.9 Å². The van der Waals surface area contributed by atoms with Crippen molar-refractivity contribution in [2.75, 3.05) is 6.54 Å². The van der Waals surface area contributed by atoms with Crippen LogP contribution >= 0.6 is 0 Å². The van der Waals surface area contributed by atoms with E-state index < -0.39 is 5.82 Å². The summed E-state index contributed by atoms with van der Waals surface area (Å²) in [4.78, 5) is 24.5. The number of nitrogens with zero attached hydrogens (tertiary/aromatic N) is 1. The maximum Gasteiger partial charge on any atom is 0.229 e. The van der Waals surface area contributed by atoms with E-state index in [2.05, 4.69) is 11.8 Å². The standard InChI is InChI=1S/C15H15FN2O2/c16-13-9-11(3-2-8-17)6-7-12(13)10-18-14(19)4-1-5-15(18)20/h6-7,9H,1,4-5,8,10,17H2. The Labute approximate surface area is 116 Å². The molecule has 1 heterocycles. The molecule has 2 rings (SSSR count). The van der Waals surface area contributed by atoms with E-state index in [1.165, 1.54) is 6.07 Å². The summed E-state index contributed by atoms with van der Waals surface area (Å²) in [6.07, 6.45) is 1.26. The second-order valence-corrected chi connectivity index (χ2v) is 4.54. The summed E-state index contributed by atoms with van der Waals surface area (Å²) in [7, 11) is 0. The summed E-state index contributed by atoms with van der Waals surface area (Å²) in [6, 6.07) is 4.49. The minimum absolute atomic E-state index is 0.0197. The van der Waals surface area contributed by atoms with Crippen LogP contribution in [0.25, 0.3) is 0 Å². The van der Waals surface area contributed by atoms with Gasteiger partial charge >= 0.3 is 0 Å². The van der Waals surface area contributed by atoms with Crippen molar-refractivity contribution in [2.45, 2.75) is 25.8 Å². The Morgan fingerprint density at radius 1 is 1.25 bits per heavy atom. The van der Waals surface area contributed by atoms with Crippen molar-refractivity contribution in [3.8, 4) is 11.8 Å². The van der Waals surface area contributed by atoms with Crippen LogP contribution < -0.4 is 5.73 Å². The molecule has 1 fully saturated rings. The number of hydrogen-bond donors (Lipinski definition) is 1. The van der Waals surface area contributed by atoms with Crippen molar-refractivity contribution in [1.29, 1.82) is 0 Å². The number of benzene rings is 1. The van der Waals surface area contributed by atoms with E-state index in [0.29, 0.717) is 30.4 Å². The average molecular weight is 274 g/mol. The molecule has 5 heteroatoms. The van der Waals surface area contributed by atoms with Crippen molar-refractivity contribution in [3.05, 3.63) is 35.1 Å². The van der Waals surface area contributed by atoms with E-state index >= 15 is 0 Å². The largest absolute Gasteiger partial charge is 0.320 e. The summed E-state index contributed by atoms with van der Waals surface area (Å²) in [5.74, 6) is 4.41. The Morgan fingerprint density at radius 3 is 2.55 bits per heavy atom. The summed E-state index contributed by atoms with van der Waals surface area (Å²) in [6.45, 7) is 0.189. The number of amides is 2. The third kappa shape index (κ3) is 3.22. The quantitative estimate of drug-likeness (QED) is 0.650. The number of hydrogen-bond acceptors (Lipinski definition) is 3. The monoisotopic (exact) mass is 274 g/mol. The Bertz CT molecular complexity index is 586. The molecular weight excluding hydrogens is 259 g/mol. The smallest absolute Gasteiger partial charge is 0.229 e. The molecule has 0 aliphatic carbocycles. The van der Waals surface area contributed by atoms with Gasteiger partial charge < -0.3 is 5.73 Å². The number of piperidine rings is 1. The predicted octanol–water partition coefficient (Wildman–Crippen LogP) is 1.18. The van der Waals surface area contributed by atoms with E-state index in [1.54, 1.807) is 12.1 Å². The summed E-state index contributed by atoms with van der Waals surface area (Å²) < 4.78 is 13.9. The van der Waals surface area contributed by atoms with Gasteiger partial charge in [-0.15, -0.1) is 0 Å². The first-order chi connectivity index (χ1) is 9.61. The molecule has 0 aromatic heterocycles. The van der Waals surface area contributed by atoms with Crippen LogP contribution in [0.2, 0.25) is 0 Å². The van der Waals surface area contributed by atoms with Crippen LogP contribution in [0.15, 0.2) is 18.2 Å². The summed E-state index contributed by atoms with van der Waals surface area (Å²) in [5.41, 5.74) is 6.08. The number of halogens is 1. The first-order valence-electron chi connectivity index (χ1n) is 6.42. The number of carbonyl (C=O) groups excluding carboxylic acids is 2. The van der Waals surface area contributed by atoms with Crippen molar-refractivity contribution in [1.82, 2.24) is 4.90 Å². The lowest BCUT2D eigenvalue weighted by Gasteiger charge is -2.25. The molecule has 0 bridgehead atoms. The molecule has 2 amide bonds. The Balaban J connectivity index is 2.17. The van der Waals surface area contributed by atoms with Gasteiger partial charge in [-0.1, -0.05) is 17.9 Å². The molecule has 0 atom stereocenters. The topological polar surface area (TPSA) is 63.4 Å². The maximum atomic E-state index is 13.9. The third-order valence-corrected chi connectivity index (χ3v) is 3.10. The Morgan fingerprint density at radius 2 is 1.95 bits per heavy atom. The Kier molecular flexibility index (Phi) is 4.49. The lowest BCUT2D eigenvalue weighted by Crippen LogP contribution is -2.39. The molecule has 0 unspecified atom stereocenters. The Hall–Kier alpha value is -2.19. The molecule has 1 aliphatic heterocycles. The fraction of sp³-hybridized carbons (Fsp3) is 0.333. The van der Waals surface area contributed by atoms with Gasteiger partial charge in [0.25, 0.3) is 0 Å². The maximum absolute atomic E-state index is 13.9. The van der Waals surface area contributed by atoms with Crippen LogP contribution in [0.1, 0.15) is 30.4 Å². The second kappa shape index (κ2) is 6.31. The van der Waals surface area contributed by atoms with E-state index in [1.807, 2.05) is 0 Å². The molecule has 0 spiro atoms. The number of imide groups is 1. The lowest BCUT2D eigenvalue weighted by atomic mass is 10.1. The van der Waals surface area contributed by atoms with Gasteiger partial charge in [-0.25, -0.2) is 4.39 Å². The molecule has 0 radical (unpaired) electrons. The van der Waals surface area contributed by atoms with Crippen molar-refractivity contribution < 1.29 is 14.0 Å². The number of rotatable bonds is 2. The van der Waals surface area contributed by atoms with Gasteiger partial charge in [-0.05, 0) is 18.6 Å². The molecule has 0 saturated carbocycles. The molecule has 1 saturated heterocycles. The molecule has 104 valence electrons. The van der Waals surface area contributed by atoms with E-state index in [0.717, 1.165) is 4.90 Å². The van der Waals surface area contributed by atoms with Gasteiger partial charge in [0.2, 0.25) is 11.8 Å². The lowest BCUT2D eigenvalue weighted by molar-refractivity contribution is -0.148. The van der Waals surface area contributed by atoms with Gasteiger partial charge in [0.15, 0.2) is 0 Å². The fourth-order valence-corrected chi connectivity index (χ4v) is 2.05. The van der Waals surface area contributed by atoms with Gasteiger partial charge in [0.05, 0.1) is 13.1 Å².